The van der Waals surface area contributed by atoms with Gasteiger partial charge in [0.05, 0.1) is 22.9 Å². The van der Waals surface area contributed by atoms with Gasteiger partial charge in [0, 0.05) is 7.05 Å². The third-order valence-electron chi connectivity index (χ3n) is 4.10. The number of amides is 1. The number of nitrogens with one attached hydrogen (secondary N) is 1. The molecule has 114 valence electrons. The average molecular weight is 314 g/mol. The molecule has 3 rings (SSSR count). The number of hydrogen-bond acceptors (Lipinski definition) is 4. The van der Waals surface area contributed by atoms with E-state index in [2.05, 4.69) is 16.4 Å². The van der Waals surface area contributed by atoms with Crippen molar-refractivity contribution in [2.75, 3.05) is 5.75 Å². The molecule has 0 saturated heterocycles. The van der Waals surface area contributed by atoms with Crippen molar-refractivity contribution >= 4 is 28.7 Å². The fourth-order valence-electron chi connectivity index (χ4n) is 2.59. The summed E-state index contributed by atoms with van der Waals surface area (Å²) in [6.07, 6.45) is 2.03. The van der Waals surface area contributed by atoms with Crippen molar-refractivity contribution in [3.8, 4) is 6.07 Å². The van der Waals surface area contributed by atoms with Crippen molar-refractivity contribution in [2.24, 2.45) is 13.0 Å². The van der Waals surface area contributed by atoms with Crippen molar-refractivity contribution < 1.29 is 4.79 Å². The normalized spacial score (nSPS) is 17.0. The summed E-state index contributed by atoms with van der Waals surface area (Å²) in [6.45, 7) is 1.81. The Morgan fingerprint density at radius 2 is 2.27 bits per heavy atom. The van der Waals surface area contributed by atoms with Crippen molar-refractivity contribution in [1.29, 1.82) is 5.26 Å². The van der Waals surface area contributed by atoms with Crippen LogP contribution < -0.4 is 5.32 Å². The molecule has 6 heteroatoms. The number of aryl methyl sites for hydroxylation is 1. The van der Waals surface area contributed by atoms with Crippen molar-refractivity contribution in [1.82, 2.24) is 14.9 Å². The van der Waals surface area contributed by atoms with Gasteiger partial charge in [0.15, 0.2) is 5.16 Å². The molecular weight excluding hydrogens is 296 g/mol. The Bertz CT molecular complexity index is 759. The Morgan fingerprint density at radius 1 is 1.55 bits per heavy atom. The molecule has 1 fully saturated rings. The first kappa shape index (κ1) is 14.9. The van der Waals surface area contributed by atoms with Gasteiger partial charge in [-0.1, -0.05) is 23.9 Å². The molecule has 22 heavy (non-hydrogen) atoms. The highest BCUT2D eigenvalue weighted by Gasteiger charge is 2.42. The molecule has 0 spiro atoms. The molecule has 5 nitrogen and oxygen atoms in total. The number of thioether (sulfide) groups is 1. The molecule has 0 unspecified atom stereocenters. The monoisotopic (exact) mass is 314 g/mol. The van der Waals surface area contributed by atoms with E-state index in [1.807, 2.05) is 42.8 Å². The number of para-hydroxylation sites is 2. The largest absolute Gasteiger partial charge is 0.337 e. The number of nitriles is 1. The first-order chi connectivity index (χ1) is 10.5. The van der Waals surface area contributed by atoms with Gasteiger partial charge < -0.3 is 9.88 Å². The zero-order valence-corrected chi connectivity index (χ0v) is 13.5. The molecule has 0 bridgehead atoms. The van der Waals surface area contributed by atoms with Gasteiger partial charge in [-0.3, -0.25) is 4.79 Å². The number of nitrogens with zero attached hydrogens (tertiary/aromatic N) is 3. The molecule has 1 aliphatic rings. The number of carbonyl (C=O) groups is 1. The van der Waals surface area contributed by atoms with Crippen molar-refractivity contribution in [3.63, 3.8) is 0 Å². The first-order valence-corrected chi connectivity index (χ1v) is 8.28. The Hall–Kier alpha value is -2.00. The minimum atomic E-state index is -0.732. The summed E-state index contributed by atoms with van der Waals surface area (Å²) in [5.41, 5.74) is 1.24. The maximum absolute atomic E-state index is 12.1. The lowest BCUT2D eigenvalue weighted by molar-refractivity contribution is -0.119. The van der Waals surface area contributed by atoms with E-state index >= 15 is 0 Å². The molecule has 1 N–H and O–H groups in total. The van der Waals surface area contributed by atoms with Crippen LogP contribution in [0.1, 0.15) is 19.8 Å². The van der Waals surface area contributed by atoms with Crippen LogP contribution in [0.15, 0.2) is 29.4 Å². The maximum atomic E-state index is 12.1. The van der Waals surface area contributed by atoms with Crippen LogP contribution in [0.3, 0.4) is 0 Å². The molecular formula is C16H18N4OS. The number of hydrogen-bond donors (Lipinski definition) is 1. The third-order valence-corrected chi connectivity index (χ3v) is 5.13. The highest BCUT2D eigenvalue weighted by Crippen LogP contribution is 2.39. The van der Waals surface area contributed by atoms with Crippen LogP contribution in [0.5, 0.6) is 0 Å². The van der Waals surface area contributed by atoms with E-state index in [1.165, 1.54) is 11.8 Å². The first-order valence-electron chi connectivity index (χ1n) is 7.30. The van der Waals surface area contributed by atoms with E-state index in [1.54, 1.807) is 0 Å². The zero-order chi connectivity index (χ0) is 15.7. The molecule has 0 radical (unpaired) electrons. The fraction of sp³-hybridized carbons (Fsp3) is 0.438. The lowest BCUT2D eigenvalue weighted by Gasteiger charge is -2.22. The molecule has 1 saturated carbocycles. The summed E-state index contributed by atoms with van der Waals surface area (Å²) in [6, 6.07) is 10.1. The van der Waals surface area contributed by atoms with E-state index in [0.717, 1.165) is 29.0 Å². The summed E-state index contributed by atoms with van der Waals surface area (Å²) in [7, 11) is 1.94. The van der Waals surface area contributed by atoms with Gasteiger partial charge in [-0.25, -0.2) is 4.98 Å². The summed E-state index contributed by atoms with van der Waals surface area (Å²) in [5.74, 6) is 0.441. The van der Waals surface area contributed by atoms with E-state index < -0.39 is 5.54 Å². The number of aromatic nitrogens is 2. The topological polar surface area (TPSA) is 70.7 Å². The second-order valence-electron chi connectivity index (χ2n) is 5.87. The zero-order valence-electron chi connectivity index (χ0n) is 12.7. The van der Waals surface area contributed by atoms with E-state index in [0.29, 0.717) is 5.92 Å². The van der Waals surface area contributed by atoms with E-state index in [4.69, 9.17) is 0 Å². The van der Waals surface area contributed by atoms with Crippen LogP contribution in [-0.4, -0.2) is 26.8 Å². The lowest BCUT2D eigenvalue weighted by atomic mass is 9.98. The summed E-state index contributed by atoms with van der Waals surface area (Å²) in [4.78, 5) is 16.7. The molecule has 1 atom stereocenters. The lowest BCUT2D eigenvalue weighted by Crippen LogP contribution is -2.47. The van der Waals surface area contributed by atoms with Crippen LogP contribution in [0, 0.1) is 17.2 Å². The van der Waals surface area contributed by atoms with E-state index in [-0.39, 0.29) is 11.7 Å². The van der Waals surface area contributed by atoms with Gasteiger partial charge in [-0.15, -0.1) is 0 Å². The second-order valence-corrected chi connectivity index (χ2v) is 6.81. The molecule has 1 amide bonds. The Labute approximate surface area is 133 Å². The van der Waals surface area contributed by atoms with Gasteiger partial charge in [0.25, 0.3) is 0 Å². The van der Waals surface area contributed by atoms with Gasteiger partial charge in [0.2, 0.25) is 5.91 Å². The van der Waals surface area contributed by atoms with E-state index in [9.17, 15) is 10.1 Å². The number of benzene rings is 1. The Morgan fingerprint density at radius 3 is 2.91 bits per heavy atom. The SMILES string of the molecule is Cn1c(SCC(=O)N[C@@](C)(C#N)C2CC2)nc2ccccc21. The van der Waals surface area contributed by atoms with Crippen LogP contribution in [0.2, 0.25) is 0 Å². The minimum Gasteiger partial charge on any atom is -0.337 e. The van der Waals surface area contributed by atoms with Crippen LogP contribution in [-0.2, 0) is 11.8 Å². The highest BCUT2D eigenvalue weighted by molar-refractivity contribution is 7.99. The maximum Gasteiger partial charge on any atom is 0.231 e. The smallest absolute Gasteiger partial charge is 0.231 e. The molecule has 0 aliphatic heterocycles. The number of fused-ring (bicyclic) bond motifs is 1. The quantitative estimate of drug-likeness (QED) is 0.861. The summed E-state index contributed by atoms with van der Waals surface area (Å²) in [5, 5.41) is 13.0. The molecule has 1 aliphatic carbocycles. The molecule has 1 aromatic carbocycles. The predicted molar refractivity (Wildman–Crippen MR) is 86.3 cm³/mol. The number of rotatable bonds is 5. The third kappa shape index (κ3) is 2.81. The summed E-state index contributed by atoms with van der Waals surface area (Å²) >= 11 is 1.39. The van der Waals surface area contributed by atoms with Crippen LogP contribution in [0.4, 0.5) is 0 Å². The minimum absolute atomic E-state index is 0.118. The van der Waals surface area contributed by atoms with Gasteiger partial charge in [-0.05, 0) is 37.8 Å². The van der Waals surface area contributed by atoms with Crippen LogP contribution in [0.25, 0.3) is 11.0 Å². The Balaban J connectivity index is 1.65. The average Bonchev–Trinajstić information content (AvgIpc) is 3.32. The second kappa shape index (κ2) is 5.65. The highest BCUT2D eigenvalue weighted by atomic mass is 32.2. The number of carbonyl (C=O) groups excluding carboxylic acids is 1. The van der Waals surface area contributed by atoms with Gasteiger partial charge >= 0.3 is 0 Å². The Kier molecular flexibility index (Phi) is 3.83. The van der Waals surface area contributed by atoms with Crippen molar-refractivity contribution in [2.45, 2.75) is 30.5 Å². The molecule has 1 aromatic heterocycles. The predicted octanol–water partition coefficient (Wildman–Crippen LogP) is 2.47. The fourth-order valence-corrected chi connectivity index (χ4v) is 3.38. The summed E-state index contributed by atoms with van der Waals surface area (Å²) < 4.78 is 1.98. The van der Waals surface area contributed by atoms with Crippen LogP contribution >= 0.6 is 11.8 Å². The standard InChI is InChI=1S/C16H18N4OS/c1-16(10-17,11-7-8-11)19-14(21)9-22-15-18-12-5-3-4-6-13(12)20(15)2/h3-6,11H,7-9H2,1-2H3,(H,19,21)/t16-/m0/s1. The van der Waals surface area contributed by atoms with Crippen molar-refractivity contribution in [3.05, 3.63) is 24.3 Å². The number of imidazole rings is 1. The van der Waals surface area contributed by atoms with Gasteiger partial charge in [-0.2, -0.15) is 5.26 Å². The molecule has 1 heterocycles. The molecule has 2 aromatic rings. The van der Waals surface area contributed by atoms with Gasteiger partial charge in [0.1, 0.15) is 5.54 Å².